The van der Waals surface area contributed by atoms with E-state index in [2.05, 4.69) is 16.8 Å². The quantitative estimate of drug-likeness (QED) is 0.713. The Morgan fingerprint density at radius 3 is 2.67 bits per heavy atom. The maximum absolute atomic E-state index is 5.86. The van der Waals surface area contributed by atoms with Gasteiger partial charge in [-0.15, -0.1) is 0 Å². The summed E-state index contributed by atoms with van der Waals surface area (Å²) in [7, 11) is 0. The fraction of sp³-hybridized carbons (Fsp3) is 0.500. The van der Waals surface area contributed by atoms with Crippen LogP contribution in [0.15, 0.2) is 12.1 Å². The van der Waals surface area contributed by atoms with Crippen LogP contribution in [0, 0.1) is 0 Å². The van der Waals surface area contributed by atoms with E-state index in [1.54, 1.807) is 0 Å². The van der Waals surface area contributed by atoms with E-state index >= 15 is 0 Å². The highest BCUT2D eigenvalue weighted by Gasteiger charge is 2.19. The highest BCUT2D eigenvalue weighted by atomic mass is 35.5. The van der Waals surface area contributed by atoms with Crippen LogP contribution in [0.3, 0.4) is 0 Å². The number of anilines is 1. The van der Waals surface area contributed by atoms with Crippen molar-refractivity contribution in [1.82, 2.24) is 4.98 Å². The molecule has 2 heterocycles. The zero-order chi connectivity index (χ0) is 10.8. The second kappa shape index (κ2) is 4.56. The molecule has 0 N–H and O–H groups in total. The minimum Gasteiger partial charge on any atom is -0.377 e. The fourth-order valence-electron chi connectivity index (χ4n) is 1.73. The number of pyridine rings is 1. The summed E-state index contributed by atoms with van der Waals surface area (Å²) in [6.45, 7) is 4.44. The number of ether oxygens (including phenoxy) is 1. The van der Waals surface area contributed by atoms with Gasteiger partial charge in [0.25, 0.3) is 0 Å². The third kappa shape index (κ3) is 2.54. The lowest BCUT2D eigenvalue weighted by atomic mass is 10.2. The third-order valence-electron chi connectivity index (χ3n) is 2.45. The van der Waals surface area contributed by atoms with Crippen LogP contribution in [-0.4, -0.2) is 30.8 Å². The van der Waals surface area contributed by atoms with Crippen molar-refractivity contribution < 1.29 is 4.74 Å². The molecule has 1 fully saturated rings. The standard InChI is InChI=1S/C10H12Cl2N2O/c1-7-6-15-3-2-14(7)8-4-9(11)13-10(12)5-8/h4-5,7H,2-3,6H2,1H3/t7-/m1/s1. The van der Waals surface area contributed by atoms with Crippen LogP contribution < -0.4 is 4.90 Å². The first kappa shape index (κ1) is 11.0. The predicted molar refractivity (Wildman–Crippen MR) is 61.9 cm³/mol. The van der Waals surface area contributed by atoms with E-state index in [4.69, 9.17) is 27.9 Å². The summed E-state index contributed by atoms with van der Waals surface area (Å²) in [5.41, 5.74) is 1.01. The Balaban J connectivity index is 2.27. The minimum atomic E-state index is 0.341. The van der Waals surface area contributed by atoms with Crippen molar-refractivity contribution in [3.05, 3.63) is 22.4 Å². The number of nitrogens with zero attached hydrogens (tertiary/aromatic N) is 2. The van der Waals surface area contributed by atoms with Gasteiger partial charge in [-0.3, -0.25) is 0 Å². The van der Waals surface area contributed by atoms with Gasteiger partial charge in [-0.1, -0.05) is 23.2 Å². The largest absolute Gasteiger partial charge is 0.377 e. The van der Waals surface area contributed by atoms with E-state index in [1.165, 1.54) is 0 Å². The van der Waals surface area contributed by atoms with Crippen LogP contribution in [-0.2, 0) is 4.74 Å². The lowest BCUT2D eigenvalue weighted by Crippen LogP contribution is -2.43. The van der Waals surface area contributed by atoms with E-state index in [0.717, 1.165) is 25.4 Å². The first-order chi connectivity index (χ1) is 7.16. The van der Waals surface area contributed by atoms with Gasteiger partial charge in [-0.05, 0) is 19.1 Å². The van der Waals surface area contributed by atoms with Gasteiger partial charge in [0.2, 0.25) is 0 Å². The van der Waals surface area contributed by atoms with Gasteiger partial charge >= 0.3 is 0 Å². The third-order valence-corrected chi connectivity index (χ3v) is 2.83. The predicted octanol–water partition coefficient (Wildman–Crippen LogP) is 2.61. The molecule has 15 heavy (non-hydrogen) atoms. The second-order valence-corrected chi connectivity index (χ2v) is 4.36. The van der Waals surface area contributed by atoms with Crippen LogP contribution in [0.25, 0.3) is 0 Å². The van der Waals surface area contributed by atoms with Crippen LogP contribution in [0.5, 0.6) is 0 Å². The zero-order valence-corrected chi connectivity index (χ0v) is 9.92. The highest BCUT2D eigenvalue weighted by molar-refractivity contribution is 6.32. The molecule has 1 aliphatic rings. The van der Waals surface area contributed by atoms with Crippen molar-refractivity contribution >= 4 is 28.9 Å². The molecular weight excluding hydrogens is 235 g/mol. The van der Waals surface area contributed by atoms with Crippen molar-refractivity contribution in [1.29, 1.82) is 0 Å². The molecular formula is C10H12Cl2N2O. The first-order valence-electron chi connectivity index (χ1n) is 4.84. The van der Waals surface area contributed by atoms with Gasteiger partial charge in [0.15, 0.2) is 0 Å². The number of rotatable bonds is 1. The van der Waals surface area contributed by atoms with Crippen molar-refractivity contribution in [2.24, 2.45) is 0 Å². The van der Waals surface area contributed by atoms with Gasteiger partial charge in [0.1, 0.15) is 10.3 Å². The SMILES string of the molecule is C[C@@H]1COCCN1c1cc(Cl)nc(Cl)c1. The van der Waals surface area contributed by atoms with Crippen molar-refractivity contribution in [3.8, 4) is 0 Å². The molecule has 3 nitrogen and oxygen atoms in total. The normalized spacial score (nSPS) is 21.8. The number of halogens is 2. The molecule has 0 radical (unpaired) electrons. The average molecular weight is 247 g/mol. The molecule has 82 valence electrons. The lowest BCUT2D eigenvalue weighted by molar-refractivity contribution is 0.0989. The summed E-state index contributed by atoms with van der Waals surface area (Å²) >= 11 is 11.7. The highest BCUT2D eigenvalue weighted by Crippen LogP contribution is 2.25. The van der Waals surface area contributed by atoms with E-state index in [1.807, 2.05) is 12.1 Å². The molecule has 1 aromatic rings. The Kier molecular flexibility index (Phi) is 3.34. The monoisotopic (exact) mass is 246 g/mol. The molecule has 5 heteroatoms. The summed E-state index contributed by atoms with van der Waals surface area (Å²) in [6.07, 6.45) is 0. The van der Waals surface area contributed by atoms with Gasteiger partial charge in [0, 0.05) is 18.3 Å². The minimum absolute atomic E-state index is 0.341. The average Bonchev–Trinajstić information content (AvgIpc) is 2.16. The Labute approximate surface area is 98.9 Å². The molecule has 2 rings (SSSR count). The summed E-state index contributed by atoms with van der Waals surface area (Å²) in [4.78, 5) is 6.15. The molecule has 0 amide bonds. The van der Waals surface area contributed by atoms with Crippen LogP contribution in [0.2, 0.25) is 10.3 Å². The molecule has 0 unspecified atom stereocenters. The molecule has 0 bridgehead atoms. The van der Waals surface area contributed by atoms with E-state index in [9.17, 15) is 0 Å². The lowest BCUT2D eigenvalue weighted by Gasteiger charge is -2.35. The molecule has 1 aliphatic heterocycles. The van der Waals surface area contributed by atoms with Crippen LogP contribution >= 0.6 is 23.2 Å². The second-order valence-electron chi connectivity index (χ2n) is 3.59. The first-order valence-corrected chi connectivity index (χ1v) is 5.60. The number of aromatic nitrogens is 1. The Bertz CT molecular complexity index is 339. The van der Waals surface area contributed by atoms with Crippen molar-refractivity contribution in [2.75, 3.05) is 24.7 Å². The van der Waals surface area contributed by atoms with E-state index < -0.39 is 0 Å². The number of hydrogen-bond acceptors (Lipinski definition) is 3. The Morgan fingerprint density at radius 2 is 2.07 bits per heavy atom. The zero-order valence-electron chi connectivity index (χ0n) is 8.41. The summed E-state index contributed by atoms with van der Waals surface area (Å²) < 4.78 is 5.37. The summed E-state index contributed by atoms with van der Waals surface area (Å²) in [5, 5.41) is 0.854. The maximum atomic E-state index is 5.86. The molecule has 0 aromatic carbocycles. The van der Waals surface area contributed by atoms with E-state index in [-0.39, 0.29) is 0 Å². The molecule has 0 spiro atoms. The fourth-order valence-corrected chi connectivity index (χ4v) is 2.18. The molecule has 0 aliphatic carbocycles. The smallest absolute Gasteiger partial charge is 0.132 e. The van der Waals surface area contributed by atoms with Gasteiger partial charge in [-0.2, -0.15) is 0 Å². The molecule has 0 saturated carbocycles. The molecule has 1 atom stereocenters. The topological polar surface area (TPSA) is 25.4 Å². The van der Waals surface area contributed by atoms with Gasteiger partial charge in [0.05, 0.1) is 13.2 Å². The van der Waals surface area contributed by atoms with Gasteiger partial charge < -0.3 is 9.64 Å². The van der Waals surface area contributed by atoms with Crippen molar-refractivity contribution in [2.45, 2.75) is 13.0 Å². The van der Waals surface area contributed by atoms with E-state index in [0.29, 0.717) is 16.3 Å². The Hall–Kier alpha value is -0.510. The Morgan fingerprint density at radius 1 is 1.40 bits per heavy atom. The number of morpholine rings is 1. The number of hydrogen-bond donors (Lipinski definition) is 0. The molecule has 1 aromatic heterocycles. The van der Waals surface area contributed by atoms with Crippen LogP contribution in [0.1, 0.15) is 6.92 Å². The molecule has 1 saturated heterocycles. The summed E-state index contributed by atoms with van der Waals surface area (Å²) in [6, 6.07) is 4.00. The maximum Gasteiger partial charge on any atom is 0.132 e. The van der Waals surface area contributed by atoms with Crippen molar-refractivity contribution in [3.63, 3.8) is 0 Å². The summed E-state index contributed by atoms with van der Waals surface area (Å²) in [5.74, 6) is 0. The van der Waals surface area contributed by atoms with Crippen LogP contribution in [0.4, 0.5) is 5.69 Å². The van der Waals surface area contributed by atoms with Gasteiger partial charge in [-0.25, -0.2) is 4.98 Å².